The number of benzene rings is 1. The SMILES string of the molecule is CCNCC1CCN(c2c(Br)cc(Br)cc2Br)C1. The van der Waals surface area contributed by atoms with Crippen LogP contribution in [0.25, 0.3) is 0 Å². The predicted molar refractivity (Wildman–Crippen MR) is 88.4 cm³/mol. The van der Waals surface area contributed by atoms with Crippen LogP contribution < -0.4 is 10.2 Å². The zero-order chi connectivity index (χ0) is 13.1. The van der Waals surface area contributed by atoms with Gasteiger partial charge in [0.1, 0.15) is 0 Å². The number of rotatable bonds is 4. The maximum atomic E-state index is 3.66. The minimum Gasteiger partial charge on any atom is -0.369 e. The van der Waals surface area contributed by atoms with Crippen LogP contribution in [0, 0.1) is 5.92 Å². The Bertz CT molecular complexity index is 400. The summed E-state index contributed by atoms with van der Waals surface area (Å²) < 4.78 is 3.38. The van der Waals surface area contributed by atoms with Crippen molar-refractivity contribution in [1.82, 2.24) is 5.32 Å². The molecule has 0 saturated carbocycles. The van der Waals surface area contributed by atoms with Crippen molar-refractivity contribution < 1.29 is 0 Å². The van der Waals surface area contributed by atoms with E-state index in [1.54, 1.807) is 0 Å². The Hall–Kier alpha value is 0.420. The van der Waals surface area contributed by atoms with Gasteiger partial charge in [-0.15, -0.1) is 0 Å². The molecule has 0 spiro atoms. The number of nitrogens with one attached hydrogen (secondary N) is 1. The van der Waals surface area contributed by atoms with E-state index in [4.69, 9.17) is 0 Å². The normalized spacial score (nSPS) is 19.6. The maximum absolute atomic E-state index is 3.66. The molecule has 1 fully saturated rings. The summed E-state index contributed by atoms with van der Waals surface area (Å²) in [4.78, 5) is 2.46. The minimum absolute atomic E-state index is 0.757. The summed E-state index contributed by atoms with van der Waals surface area (Å²) >= 11 is 10.8. The minimum atomic E-state index is 0.757. The van der Waals surface area contributed by atoms with E-state index in [0.29, 0.717) is 0 Å². The van der Waals surface area contributed by atoms with Gasteiger partial charge in [-0.1, -0.05) is 22.9 Å². The van der Waals surface area contributed by atoms with Crippen LogP contribution in [0.3, 0.4) is 0 Å². The third-order valence-corrected chi connectivity index (χ3v) is 4.93. The van der Waals surface area contributed by atoms with Gasteiger partial charge < -0.3 is 10.2 Å². The van der Waals surface area contributed by atoms with Gasteiger partial charge in [0.2, 0.25) is 0 Å². The zero-order valence-electron chi connectivity index (χ0n) is 10.3. The highest BCUT2D eigenvalue weighted by molar-refractivity contribution is 9.11. The second-order valence-corrected chi connectivity index (χ2v) is 7.25. The van der Waals surface area contributed by atoms with Crippen molar-refractivity contribution in [1.29, 1.82) is 0 Å². The van der Waals surface area contributed by atoms with Crippen LogP contribution in [0.4, 0.5) is 5.69 Å². The molecule has 0 aliphatic carbocycles. The number of hydrogen-bond donors (Lipinski definition) is 1. The molecule has 5 heteroatoms. The molecule has 100 valence electrons. The molecule has 1 aromatic carbocycles. The third kappa shape index (κ3) is 3.50. The molecule has 2 rings (SSSR count). The van der Waals surface area contributed by atoms with Gasteiger partial charge in [-0.25, -0.2) is 0 Å². The van der Waals surface area contributed by atoms with Crippen LogP contribution in [0.5, 0.6) is 0 Å². The summed E-state index contributed by atoms with van der Waals surface area (Å²) in [5.74, 6) is 0.757. The summed E-state index contributed by atoms with van der Waals surface area (Å²) in [6.07, 6.45) is 1.27. The Morgan fingerprint density at radius 2 is 1.94 bits per heavy atom. The van der Waals surface area contributed by atoms with E-state index < -0.39 is 0 Å². The lowest BCUT2D eigenvalue weighted by atomic mass is 10.1. The first-order chi connectivity index (χ1) is 8.61. The van der Waals surface area contributed by atoms with Crippen molar-refractivity contribution in [3.8, 4) is 0 Å². The average Bonchev–Trinajstić information content (AvgIpc) is 2.73. The highest BCUT2D eigenvalue weighted by Crippen LogP contribution is 2.39. The van der Waals surface area contributed by atoms with E-state index in [0.717, 1.165) is 45.5 Å². The molecule has 1 aliphatic rings. The van der Waals surface area contributed by atoms with Crippen molar-refractivity contribution >= 4 is 53.5 Å². The van der Waals surface area contributed by atoms with Gasteiger partial charge in [-0.3, -0.25) is 0 Å². The number of hydrogen-bond acceptors (Lipinski definition) is 2. The molecule has 1 unspecified atom stereocenters. The van der Waals surface area contributed by atoms with E-state index in [-0.39, 0.29) is 0 Å². The van der Waals surface area contributed by atoms with E-state index >= 15 is 0 Å². The van der Waals surface area contributed by atoms with Crippen molar-refractivity contribution in [2.45, 2.75) is 13.3 Å². The van der Waals surface area contributed by atoms with Crippen LogP contribution in [0.1, 0.15) is 13.3 Å². The van der Waals surface area contributed by atoms with E-state index in [2.05, 4.69) is 77.1 Å². The van der Waals surface area contributed by atoms with Crippen molar-refractivity contribution in [2.24, 2.45) is 5.92 Å². The van der Waals surface area contributed by atoms with Crippen LogP contribution >= 0.6 is 47.8 Å². The molecule has 1 aromatic rings. The fraction of sp³-hybridized carbons (Fsp3) is 0.538. The van der Waals surface area contributed by atoms with Gasteiger partial charge in [0.15, 0.2) is 0 Å². The van der Waals surface area contributed by atoms with Crippen molar-refractivity contribution in [2.75, 3.05) is 31.1 Å². The Kier molecular flexibility index (Phi) is 5.54. The molecule has 0 amide bonds. The van der Waals surface area contributed by atoms with Crippen LogP contribution in [0.15, 0.2) is 25.6 Å². The Labute approximate surface area is 134 Å². The van der Waals surface area contributed by atoms with Gasteiger partial charge in [0.05, 0.1) is 5.69 Å². The van der Waals surface area contributed by atoms with Gasteiger partial charge in [0.25, 0.3) is 0 Å². The largest absolute Gasteiger partial charge is 0.369 e. The molecule has 0 radical (unpaired) electrons. The smallest absolute Gasteiger partial charge is 0.0655 e. The standard InChI is InChI=1S/C13H17Br3N2/c1-2-17-7-9-3-4-18(8-9)13-11(15)5-10(14)6-12(13)16/h5-6,9,17H,2-4,7-8H2,1H3. The molecule has 1 saturated heterocycles. The predicted octanol–water partition coefficient (Wildman–Crippen LogP) is 4.41. The van der Waals surface area contributed by atoms with Crippen molar-refractivity contribution in [3.05, 3.63) is 25.6 Å². The van der Waals surface area contributed by atoms with Gasteiger partial charge >= 0.3 is 0 Å². The summed E-state index contributed by atoms with van der Waals surface area (Å²) in [5, 5.41) is 3.44. The summed E-state index contributed by atoms with van der Waals surface area (Å²) in [6.45, 7) is 6.61. The molecular weight excluding hydrogens is 424 g/mol. The monoisotopic (exact) mass is 438 g/mol. The highest BCUT2D eigenvalue weighted by Gasteiger charge is 2.25. The quantitative estimate of drug-likeness (QED) is 0.746. The van der Waals surface area contributed by atoms with E-state index in [1.807, 2.05) is 0 Å². The second kappa shape index (κ2) is 6.73. The Balaban J connectivity index is 2.09. The molecule has 18 heavy (non-hydrogen) atoms. The fourth-order valence-corrected chi connectivity index (χ4v) is 5.15. The molecule has 0 aromatic heterocycles. The number of halogens is 3. The van der Waals surface area contributed by atoms with Crippen LogP contribution in [-0.2, 0) is 0 Å². The first-order valence-electron chi connectivity index (χ1n) is 6.22. The van der Waals surface area contributed by atoms with Crippen LogP contribution in [0.2, 0.25) is 0 Å². The molecule has 2 nitrogen and oxygen atoms in total. The number of anilines is 1. The Morgan fingerprint density at radius 1 is 1.28 bits per heavy atom. The fourth-order valence-electron chi connectivity index (χ4n) is 2.39. The maximum Gasteiger partial charge on any atom is 0.0655 e. The summed E-state index contributed by atoms with van der Waals surface area (Å²) in [6, 6.07) is 4.22. The molecule has 1 N–H and O–H groups in total. The first kappa shape index (κ1) is 14.8. The van der Waals surface area contributed by atoms with Crippen LogP contribution in [-0.4, -0.2) is 26.2 Å². The lowest BCUT2D eigenvalue weighted by Gasteiger charge is -2.22. The molecule has 1 heterocycles. The Morgan fingerprint density at radius 3 is 2.56 bits per heavy atom. The molecular formula is C13H17Br3N2. The first-order valence-corrected chi connectivity index (χ1v) is 8.60. The molecule has 1 atom stereocenters. The number of nitrogens with zero attached hydrogens (tertiary/aromatic N) is 1. The van der Waals surface area contributed by atoms with Gasteiger partial charge in [-0.05, 0) is 69.4 Å². The lowest BCUT2D eigenvalue weighted by molar-refractivity contribution is 0.528. The molecule has 0 bridgehead atoms. The molecule has 1 aliphatic heterocycles. The lowest BCUT2D eigenvalue weighted by Crippen LogP contribution is -2.26. The zero-order valence-corrected chi connectivity index (χ0v) is 15.1. The van der Waals surface area contributed by atoms with Gasteiger partial charge in [-0.2, -0.15) is 0 Å². The van der Waals surface area contributed by atoms with Crippen molar-refractivity contribution in [3.63, 3.8) is 0 Å². The average molecular weight is 441 g/mol. The summed E-state index contributed by atoms with van der Waals surface area (Å²) in [5.41, 5.74) is 1.28. The topological polar surface area (TPSA) is 15.3 Å². The van der Waals surface area contributed by atoms with Gasteiger partial charge in [0, 0.05) is 26.5 Å². The van der Waals surface area contributed by atoms with E-state index in [1.165, 1.54) is 12.1 Å². The van der Waals surface area contributed by atoms with E-state index in [9.17, 15) is 0 Å². The third-order valence-electron chi connectivity index (χ3n) is 3.27. The highest BCUT2D eigenvalue weighted by atomic mass is 79.9. The summed E-state index contributed by atoms with van der Waals surface area (Å²) in [7, 11) is 0. The second-order valence-electron chi connectivity index (χ2n) is 4.63.